The van der Waals surface area contributed by atoms with Crippen LogP contribution in [0.2, 0.25) is 0 Å². The number of anilines is 3. The Morgan fingerprint density at radius 1 is 0.931 bits per heavy atom. The number of ether oxygens (including phenoxy) is 1. The molecule has 29 heavy (non-hydrogen) atoms. The zero-order valence-corrected chi connectivity index (χ0v) is 16.2. The van der Waals surface area contributed by atoms with E-state index in [2.05, 4.69) is 30.1 Å². The Labute approximate surface area is 169 Å². The van der Waals surface area contributed by atoms with Gasteiger partial charge >= 0.3 is 0 Å². The molecule has 8 nitrogen and oxygen atoms in total. The first-order valence-electron chi connectivity index (χ1n) is 9.41. The van der Waals surface area contributed by atoms with Crippen molar-refractivity contribution >= 4 is 23.2 Å². The van der Waals surface area contributed by atoms with Crippen LogP contribution in [0.15, 0.2) is 61.1 Å². The molecule has 8 heteroatoms. The van der Waals surface area contributed by atoms with Crippen LogP contribution in [0.1, 0.15) is 10.5 Å². The number of piperazine rings is 1. The molecule has 1 aromatic carbocycles. The maximum Gasteiger partial charge on any atom is 0.274 e. The maximum absolute atomic E-state index is 12.6. The molecule has 1 amide bonds. The van der Waals surface area contributed by atoms with Crippen LogP contribution in [0.5, 0.6) is 5.75 Å². The number of hydrogen-bond donors (Lipinski definition) is 1. The molecule has 1 aliphatic heterocycles. The van der Waals surface area contributed by atoms with E-state index in [4.69, 9.17) is 4.74 Å². The molecule has 1 aliphatic rings. The van der Waals surface area contributed by atoms with Crippen LogP contribution in [-0.2, 0) is 0 Å². The minimum Gasteiger partial charge on any atom is -0.497 e. The summed E-state index contributed by atoms with van der Waals surface area (Å²) in [5, 5.41) is 2.87. The number of benzene rings is 1. The molecule has 3 aromatic rings. The first-order valence-corrected chi connectivity index (χ1v) is 9.41. The van der Waals surface area contributed by atoms with E-state index in [0.29, 0.717) is 11.4 Å². The first-order chi connectivity index (χ1) is 14.2. The van der Waals surface area contributed by atoms with Crippen LogP contribution in [0.4, 0.5) is 17.3 Å². The molecule has 0 saturated carbocycles. The SMILES string of the molecule is COc1ccc(NC(=O)c2cc(N3CCN(c4ncccn4)CC3)ccn2)cc1. The van der Waals surface area contributed by atoms with Gasteiger partial charge in [0, 0.05) is 56.1 Å². The van der Waals surface area contributed by atoms with E-state index in [1.165, 1.54) is 0 Å². The number of amides is 1. The molecule has 1 N–H and O–H groups in total. The van der Waals surface area contributed by atoms with Crippen molar-refractivity contribution < 1.29 is 9.53 Å². The van der Waals surface area contributed by atoms with E-state index >= 15 is 0 Å². The number of hydrogen-bond acceptors (Lipinski definition) is 7. The average molecular weight is 390 g/mol. The van der Waals surface area contributed by atoms with Crippen LogP contribution >= 0.6 is 0 Å². The van der Waals surface area contributed by atoms with Crippen molar-refractivity contribution in [1.82, 2.24) is 15.0 Å². The van der Waals surface area contributed by atoms with Gasteiger partial charge in [0.1, 0.15) is 11.4 Å². The molecule has 1 saturated heterocycles. The minimum absolute atomic E-state index is 0.242. The molecule has 0 aliphatic carbocycles. The molecule has 0 spiro atoms. The van der Waals surface area contributed by atoms with Crippen molar-refractivity contribution in [2.24, 2.45) is 0 Å². The second kappa shape index (κ2) is 8.55. The van der Waals surface area contributed by atoms with Crippen molar-refractivity contribution in [3.63, 3.8) is 0 Å². The summed E-state index contributed by atoms with van der Waals surface area (Å²) < 4.78 is 5.14. The van der Waals surface area contributed by atoms with E-state index in [-0.39, 0.29) is 5.91 Å². The number of pyridine rings is 1. The molecular formula is C21H22N6O2. The van der Waals surface area contributed by atoms with Crippen LogP contribution < -0.4 is 19.9 Å². The third-order valence-electron chi connectivity index (χ3n) is 4.80. The summed E-state index contributed by atoms with van der Waals surface area (Å²) in [5.41, 5.74) is 2.06. The van der Waals surface area contributed by atoms with Crippen molar-refractivity contribution in [2.75, 3.05) is 48.4 Å². The summed E-state index contributed by atoms with van der Waals surface area (Å²) in [6.45, 7) is 3.28. The zero-order chi connectivity index (χ0) is 20.1. The molecule has 0 unspecified atom stereocenters. The number of carbonyl (C=O) groups is 1. The third-order valence-corrected chi connectivity index (χ3v) is 4.80. The molecule has 1 fully saturated rings. The summed E-state index contributed by atoms with van der Waals surface area (Å²) in [6, 6.07) is 12.8. The van der Waals surface area contributed by atoms with Gasteiger partial charge < -0.3 is 19.9 Å². The maximum atomic E-state index is 12.6. The lowest BCUT2D eigenvalue weighted by molar-refractivity contribution is 0.102. The molecule has 4 rings (SSSR count). The van der Waals surface area contributed by atoms with Crippen LogP contribution in [0.3, 0.4) is 0 Å². The molecule has 0 radical (unpaired) electrons. The highest BCUT2D eigenvalue weighted by Gasteiger charge is 2.20. The fraction of sp³-hybridized carbons (Fsp3) is 0.238. The predicted octanol–water partition coefficient (Wildman–Crippen LogP) is 2.46. The van der Waals surface area contributed by atoms with Gasteiger partial charge in [0.05, 0.1) is 7.11 Å². The van der Waals surface area contributed by atoms with Gasteiger partial charge in [0.15, 0.2) is 0 Å². The van der Waals surface area contributed by atoms with Gasteiger partial charge in [0.25, 0.3) is 5.91 Å². The first kappa shape index (κ1) is 18.7. The molecule has 3 heterocycles. The summed E-state index contributed by atoms with van der Waals surface area (Å²) >= 11 is 0. The fourth-order valence-electron chi connectivity index (χ4n) is 3.23. The van der Waals surface area contributed by atoms with Crippen molar-refractivity contribution in [3.8, 4) is 5.75 Å². The second-order valence-corrected chi connectivity index (χ2v) is 6.60. The Morgan fingerprint density at radius 3 is 2.31 bits per heavy atom. The molecule has 2 aromatic heterocycles. The van der Waals surface area contributed by atoms with Gasteiger partial charge in [-0.3, -0.25) is 9.78 Å². The van der Waals surface area contributed by atoms with E-state index in [9.17, 15) is 4.79 Å². The highest BCUT2D eigenvalue weighted by atomic mass is 16.5. The molecule has 0 atom stereocenters. The van der Waals surface area contributed by atoms with E-state index < -0.39 is 0 Å². The number of aromatic nitrogens is 3. The third kappa shape index (κ3) is 4.43. The van der Waals surface area contributed by atoms with Crippen molar-refractivity contribution in [1.29, 1.82) is 0 Å². The number of nitrogens with zero attached hydrogens (tertiary/aromatic N) is 5. The largest absolute Gasteiger partial charge is 0.497 e. The van der Waals surface area contributed by atoms with E-state index in [1.54, 1.807) is 50.0 Å². The Kier molecular flexibility index (Phi) is 5.51. The summed E-state index contributed by atoms with van der Waals surface area (Å²) in [6.07, 6.45) is 5.18. The second-order valence-electron chi connectivity index (χ2n) is 6.60. The zero-order valence-electron chi connectivity index (χ0n) is 16.2. The van der Waals surface area contributed by atoms with Gasteiger partial charge in [0.2, 0.25) is 5.95 Å². The Morgan fingerprint density at radius 2 is 1.62 bits per heavy atom. The number of rotatable bonds is 5. The normalized spacial score (nSPS) is 13.8. The highest BCUT2D eigenvalue weighted by molar-refractivity contribution is 6.03. The average Bonchev–Trinajstić information content (AvgIpc) is 2.80. The predicted molar refractivity (Wildman–Crippen MR) is 112 cm³/mol. The number of carbonyl (C=O) groups excluding carboxylic acids is 1. The smallest absolute Gasteiger partial charge is 0.274 e. The van der Waals surface area contributed by atoms with E-state index in [1.807, 2.05) is 18.2 Å². The standard InChI is InChI=1S/C21H22N6O2/c1-29-18-5-3-16(4-6-18)25-20(28)19-15-17(7-10-22-19)26-11-13-27(14-12-26)21-23-8-2-9-24-21/h2-10,15H,11-14H2,1H3,(H,25,28). The van der Waals surface area contributed by atoms with Crippen LogP contribution in [0.25, 0.3) is 0 Å². The minimum atomic E-state index is -0.242. The highest BCUT2D eigenvalue weighted by Crippen LogP contribution is 2.20. The van der Waals surface area contributed by atoms with Crippen LogP contribution in [-0.4, -0.2) is 54.1 Å². The Hall–Kier alpha value is -3.68. The van der Waals surface area contributed by atoms with Crippen LogP contribution in [0, 0.1) is 0 Å². The van der Waals surface area contributed by atoms with Gasteiger partial charge in [-0.2, -0.15) is 0 Å². The molecular weight excluding hydrogens is 368 g/mol. The Bertz CT molecular complexity index is 956. The summed E-state index contributed by atoms with van der Waals surface area (Å²) in [7, 11) is 1.61. The molecule has 148 valence electrons. The monoisotopic (exact) mass is 390 g/mol. The van der Waals surface area contributed by atoms with Crippen molar-refractivity contribution in [2.45, 2.75) is 0 Å². The van der Waals surface area contributed by atoms with Gasteiger partial charge in [-0.25, -0.2) is 9.97 Å². The quantitative estimate of drug-likeness (QED) is 0.716. The summed E-state index contributed by atoms with van der Waals surface area (Å²) in [4.78, 5) is 29.9. The molecule has 0 bridgehead atoms. The number of methoxy groups -OCH3 is 1. The Balaban J connectivity index is 1.40. The summed E-state index contributed by atoms with van der Waals surface area (Å²) in [5.74, 6) is 1.25. The lowest BCUT2D eigenvalue weighted by Gasteiger charge is -2.36. The van der Waals surface area contributed by atoms with Crippen molar-refractivity contribution in [3.05, 3.63) is 66.7 Å². The van der Waals surface area contributed by atoms with Gasteiger partial charge in [-0.1, -0.05) is 0 Å². The van der Waals surface area contributed by atoms with E-state index in [0.717, 1.165) is 43.6 Å². The van der Waals surface area contributed by atoms with Gasteiger partial charge in [-0.05, 0) is 42.5 Å². The number of nitrogens with one attached hydrogen (secondary N) is 1. The van der Waals surface area contributed by atoms with Gasteiger partial charge in [-0.15, -0.1) is 0 Å². The lowest BCUT2D eigenvalue weighted by atomic mass is 10.2. The topological polar surface area (TPSA) is 83.5 Å². The fourth-order valence-corrected chi connectivity index (χ4v) is 3.23. The lowest BCUT2D eigenvalue weighted by Crippen LogP contribution is -2.47.